The SMILES string of the molecule is Cc1ccc(NC(=O)Cn2c(=O)sc3cc(S(=O)(=O)N4CCCC4)ccc32)cc1. The molecule has 1 aromatic heterocycles. The first-order chi connectivity index (χ1) is 13.8. The fraction of sp³-hybridized carbons (Fsp3) is 0.300. The van der Waals surface area contributed by atoms with Gasteiger partial charge >= 0.3 is 4.87 Å². The van der Waals surface area contributed by atoms with Gasteiger partial charge in [-0.15, -0.1) is 0 Å². The molecular formula is C20H21N3O4S2. The third-order valence-corrected chi connectivity index (χ3v) is 7.82. The fourth-order valence-electron chi connectivity index (χ4n) is 3.42. The molecule has 1 saturated heterocycles. The Kier molecular flexibility index (Phi) is 5.28. The van der Waals surface area contributed by atoms with Crippen LogP contribution in [0, 0.1) is 6.92 Å². The monoisotopic (exact) mass is 431 g/mol. The molecule has 1 N–H and O–H groups in total. The summed E-state index contributed by atoms with van der Waals surface area (Å²) in [5, 5.41) is 2.78. The number of thiazole rings is 1. The van der Waals surface area contributed by atoms with E-state index >= 15 is 0 Å². The van der Waals surface area contributed by atoms with Crippen LogP contribution >= 0.6 is 11.3 Å². The van der Waals surface area contributed by atoms with Gasteiger partial charge in [0.2, 0.25) is 15.9 Å². The molecule has 1 aliphatic heterocycles. The molecule has 0 aliphatic carbocycles. The third kappa shape index (κ3) is 3.98. The van der Waals surface area contributed by atoms with Gasteiger partial charge in [0.05, 0.1) is 15.1 Å². The second-order valence-electron chi connectivity index (χ2n) is 7.11. The van der Waals surface area contributed by atoms with Gasteiger partial charge in [0.1, 0.15) is 6.54 Å². The van der Waals surface area contributed by atoms with E-state index in [9.17, 15) is 18.0 Å². The molecule has 2 heterocycles. The van der Waals surface area contributed by atoms with Crippen molar-refractivity contribution < 1.29 is 13.2 Å². The van der Waals surface area contributed by atoms with E-state index in [1.165, 1.54) is 21.0 Å². The molecule has 1 fully saturated rings. The highest BCUT2D eigenvalue weighted by Crippen LogP contribution is 2.26. The number of sulfonamides is 1. The Morgan fingerprint density at radius 1 is 1.10 bits per heavy atom. The standard InChI is InChI=1S/C20H21N3O4S2/c1-14-4-6-15(7-5-14)21-19(24)13-23-17-9-8-16(12-18(17)28-20(23)25)29(26,27)22-10-2-3-11-22/h4-9,12H,2-3,10-11,13H2,1H3,(H,21,24). The lowest BCUT2D eigenvalue weighted by Gasteiger charge is -2.15. The van der Waals surface area contributed by atoms with E-state index in [1.807, 2.05) is 19.1 Å². The Bertz CT molecular complexity index is 1220. The molecule has 7 nitrogen and oxygen atoms in total. The number of carbonyl (C=O) groups excluding carboxylic acids is 1. The van der Waals surface area contributed by atoms with Crippen molar-refractivity contribution in [3.05, 3.63) is 57.7 Å². The summed E-state index contributed by atoms with van der Waals surface area (Å²) in [6, 6.07) is 12.0. The van der Waals surface area contributed by atoms with Gasteiger partial charge in [-0.2, -0.15) is 4.31 Å². The summed E-state index contributed by atoms with van der Waals surface area (Å²) >= 11 is 0.946. The topological polar surface area (TPSA) is 88.5 Å². The lowest BCUT2D eigenvalue weighted by atomic mass is 10.2. The van der Waals surface area contributed by atoms with Crippen LogP contribution in [0.1, 0.15) is 18.4 Å². The summed E-state index contributed by atoms with van der Waals surface area (Å²) in [5.74, 6) is -0.315. The second kappa shape index (κ2) is 7.74. The van der Waals surface area contributed by atoms with Gasteiger partial charge in [0, 0.05) is 18.8 Å². The molecule has 0 atom stereocenters. The van der Waals surface area contributed by atoms with Crippen molar-refractivity contribution in [2.45, 2.75) is 31.2 Å². The first-order valence-corrected chi connectivity index (χ1v) is 11.6. The summed E-state index contributed by atoms with van der Waals surface area (Å²) in [7, 11) is -3.55. The number of anilines is 1. The number of aryl methyl sites for hydroxylation is 1. The molecule has 0 saturated carbocycles. The molecule has 0 spiro atoms. The predicted molar refractivity (Wildman–Crippen MR) is 114 cm³/mol. The molecule has 29 heavy (non-hydrogen) atoms. The quantitative estimate of drug-likeness (QED) is 0.673. The molecule has 4 rings (SSSR count). The number of aromatic nitrogens is 1. The number of fused-ring (bicyclic) bond motifs is 1. The number of rotatable bonds is 5. The van der Waals surface area contributed by atoms with Crippen LogP contribution in [0.15, 0.2) is 52.2 Å². The van der Waals surface area contributed by atoms with Crippen LogP contribution in [-0.2, 0) is 21.4 Å². The van der Waals surface area contributed by atoms with Gasteiger partial charge in [-0.1, -0.05) is 29.0 Å². The van der Waals surface area contributed by atoms with Crippen molar-refractivity contribution in [3.63, 3.8) is 0 Å². The number of nitrogens with zero attached hydrogens (tertiary/aromatic N) is 2. The van der Waals surface area contributed by atoms with Crippen LogP contribution in [0.3, 0.4) is 0 Å². The first-order valence-electron chi connectivity index (χ1n) is 9.35. The summed E-state index contributed by atoms with van der Waals surface area (Å²) in [6.45, 7) is 2.87. The molecule has 9 heteroatoms. The van der Waals surface area contributed by atoms with Gasteiger partial charge in [-0.25, -0.2) is 8.42 Å². The highest BCUT2D eigenvalue weighted by atomic mass is 32.2. The van der Waals surface area contributed by atoms with Gasteiger partial charge in [-0.05, 0) is 50.1 Å². The van der Waals surface area contributed by atoms with Crippen LogP contribution in [0.5, 0.6) is 0 Å². The highest BCUT2D eigenvalue weighted by Gasteiger charge is 2.27. The number of hydrogen-bond donors (Lipinski definition) is 1. The summed E-state index contributed by atoms with van der Waals surface area (Å²) < 4.78 is 28.9. The molecule has 3 aromatic rings. The number of carbonyl (C=O) groups is 1. The number of amides is 1. The summed E-state index contributed by atoms with van der Waals surface area (Å²) in [6.07, 6.45) is 1.72. The predicted octanol–water partition coefficient (Wildman–Crippen LogP) is 2.79. The normalized spacial score (nSPS) is 15.1. The second-order valence-corrected chi connectivity index (χ2v) is 10.0. The maximum Gasteiger partial charge on any atom is 0.308 e. The zero-order valence-corrected chi connectivity index (χ0v) is 17.6. The Morgan fingerprint density at radius 3 is 2.48 bits per heavy atom. The minimum Gasteiger partial charge on any atom is -0.325 e. The van der Waals surface area contributed by atoms with E-state index in [4.69, 9.17) is 0 Å². The van der Waals surface area contributed by atoms with Crippen molar-refractivity contribution in [1.82, 2.24) is 8.87 Å². The van der Waals surface area contributed by atoms with Crippen LogP contribution in [-0.4, -0.2) is 36.3 Å². The van der Waals surface area contributed by atoms with E-state index in [-0.39, 0.29) is 22.2 Å². The van der Waals surface area contributed by atoms with E-state index in [0.717, 1.165) is 29.7 Å². The molecular weight excluding hydrogens is 410 g/mol. The van der Waals surface area contributed by atoms with E-state index < -0.39 is 10.0 Å². The highest BCUT2D eigenvalue weighted by molar-refractivity contribution is 7.89. The smallest absolute Gasteiger partial charge is 0.308 e. The van der Waals surface area contributed by atoms with Gasteiger partial charge in [0.15, 0.2) is 0 Å². The van der Waals surface area contributed by atoms with Crippen molar-refractivity contribution in [3.8, 4) is 0 Å². The molecule has 1 aliphatic rings. The number of nitrogens with one attached hydrogen (secondary N) is 1. The molecule has 1 amide bonds. The van der Waals surface area contributed by atoms with Crippen molar-refractivity contribution in [2.75, 3.05) is 18.4 Å². The first kappa shape index (κ1) is 19.8. The third-order valence-electron chi connectivity index (χ3n) is 4.98. The lowest BCUT2D eigenvalue weighted by Crippen LogP contribution is -2.27. The minimum absolute atomic E-state index is 0.134. The Labute approximate surface area is 172 Å². The fourth-order valence-corrected chi connectivity index (χ4v) is 5.96. The summed E-state index contributed by atoms with van der Waals surface area (Å²) in [4.78, 5) is 24.7. The van der Waals surface area contributed by atoms with E-state index in [1.54, 1.807) is 18.2 Å². The maximum absolute atomic E-state index is 12.8. The van der Waals surface area contributed by atoms with Crippen LogP contribution in [0.25, 0.3) is 10.2 Å². The zero-order valence-electron chi connectivity index (χ0n) is 15.9. The molecule has 2 aromatic carbocycles. The average molecular weight is 432 g/mol. The van der Waals surface area contributed by atoms with Crippen LogP contribution in [0.4, 0.5) is 5.69 Å². The Morgan fingerprint density at radius 2 is 1.79 bits per heavy atom. The Hall–Kier alpha value is -2.49. The van der Waals surface area contributed by atoms with Crippen LogP contribution < -0.4 is 10.2 Å². The maximum atomic E-state index is 12.8. The summed E-state index contributed by atoms with van der Waals surface area (Å²) in [5.41, 5.74) is 2.30. The molecule has 0 unspecified atom stereocenters. The van der Waals surface area contributed by atoms with Crippen LogP contribution in [0.2, 0.25) is 0 Å². The Balaban J connectivity index is 1.59. The largest absolute Gasteiger partial charge is 0.325 e. The van der Waals surface area contributed by atoms with E-state index in [0.29, 0.717) is 29.0 Å². The van der Waals surface area contributed by atoms with Gasteiger partial charge in [0.25, 0.3) is 0 Å². The minimum atomic E-state index is -3.55. The number of hydrogen-bond acceptors (Lipinski definition) is 5. The van der Waals surface area contributed by atoms with Crippen molar-refractivity contribution in [1.29, 1.82) is 0 Å². The van der Waals surface area contributed by atoms with E-state index in [2.05, 4.69) is 5.32 Å². The molecule has 0 bridgehead atoms. The molecule has 0 radical (unpaired) electrons. The zero-order chi connectivity index (χ0) is 20.6. The van der Waals surface area contributed by atoms with Crippen molar-refractivity contribution >= 4 is 43.2 Å². The van der Waals surface area contributed by atoms with Gasteiger partial charge < -0.3 is 5.32 Å². The average Bonchev–Trinajstić information content (AvgIpc) is 3.32. The van der Waals surface area contributed by atoms with Crippen molar-refractivity contribution in [2.24, 2.45) is 0 Å². The molecule has 152 valence electrons. The van der Waals surface area contributed by atoms with Gasteiger partial charge in [-0.3, -0.25) is 14.2 Å². The number of benzene rings is 2. The lowest BCUT2D eigenvalue weighted by molar-refractivity contribution is -0.116.